The summed E-state index contributed by atoms with van der Waals surface area (Å²) in [5.41, 5.74) is 11.0. The lowest BCUT2D eigenvalue weighted by atomic mass is 10.1. The maximum atomic E-state index is 12.4. The van der Waals surface area contributed by atoms with Crippen molar-refractivity contribution in [3.05, 3.63) is 35.8 Å². The number of primary amides is 2. The number of hydrogen-bond donors (Lipinski definition) is 8. The Labute approximate surface area is 244 Å². The van der Waals surface area contributed by atoms with E-state index in [0.29, 0.717) is 19.4 Å². The van der Waals surface area contributed by atoms with E-state index in [2.05, 4.69) is 8.83 Å². The molecule has 10 N–H and O–H groups in total. The van der Waals surface area contributed by atoms with Gasteiger partial charge in [-0.3, -0.25) is 18.6 Å². The molecule has 0 bridgehead atoms. The van der Waals surface area contributed by atoms with Gasteiger partial charge in [-0.05, 0) is 19.3 Å². The maximum Gasteiger partial charge on any atom is 0.481 e. The number of nitrogens with zero attached hydrogens (tertiary/aromatic N) is 2. The van der Waals surface area contributed by atoms with E-state index in [4.69, 9.17) is 25.5 Å². The molecule has 2 fully saturated rings. The molecule has 0 radical (unpaired) electrons. The van der Waals surface area contributed by atoms with Gasteiger partial charge in [0.1, 0.15) is 36.6 Å². The molecule has 2 unspecified atom stereocenters. The van der Waals surface area contributed by atoms with E-state index in [1.54, 1.807) is 6.08 Å². The Bertz CT molecular complexity index is 1260. The third-order valence-corrected chi connectivity index (χ3v) is 9.64. The number of aliphatic hydroxyl groups excluding tert-OH is 4. The lowest BCUT2D eigenvalue weighted by Crippen LogP contribution is -2.43. The standard InChI is InChI=1S/C22H34N4O15P2/c23-19(31)11-3-1-5-25(7-11)21-17(29)15(27)13(39-21)9-37-42(33,34)41-43(35,36)38-10-14-16(28)18(30)22(40-14)26-6-2-4-12(8-26)20(24)32/h1,5,7-8,13-18,21-22,27-30H,2-4,6,9-10H2,(H2,23,31)(H2,24,32)(H,33,34)(H,35,36)/t13-,14-,15-,16-,17-,18-,21+,22+/m1/s1. The van der Waals surface area contributed by atoms with Gasteiger partial charge in [-0.25, -0.2) is 9.13 Å². The first-order valence-electron chi connectivity index (χ1n) is 13.0. The number of phosphoric ester groups is 2. The molecule has 4 aliphatic rings. The van der Waals surface area contributed by atoms with Gasteiger partial charge in [-0.2, -0.15) is 4.31 Å². The fourth-order valence-corrected chi connectivity index (χ4v) is 6.93. The summed E-state index contributed by atoms with van der Waals surface area (Å²) in [6.45, 7) is -1.41. The molecule has 19 nitrogen and oxygen atoms in total. The number of allylic oxidation sites excluding steroid dienone is 1. The van der Waals surface area contributed by atoms with E-state index < -0.39 is 89.8 Å². The molecule has 242 valence electrons. The minimum Gasteiger partial charge on any atom is -0.387 e. The number of ether oxygens (including phenoxy) is 2. The highest BCUT2D eigenvalue weighted by molar-refractivity contribution is 7.61. The monoisotopic (exact) mass is 656 g/mol. The molecule has 0 aliphatic carbocycles. The zero-order valence-electron chi connectivity index (χ0n) is 22.5. The zero-order chi connectivity index (χ0) is 31.7. The largest absolute Gasteiger partial charge is 0.481 e. The minimum atomic E-state index is -5.35. The van der Waals surface area contributed by atoms with Crippen LogP contribution < -0.4 is 11.5 Å². The van der Waals surface area contributed by atoms with E-state index in [1.165, 1.54) is 28.4 Å². The van der Waals surface area contributed by atoms with Crippen LogP contribution in [-0.4, -0.2) is 121 Å². The van der Waals surface area contributed by atoms with Crippen LogP contribution >= 0.6 is 15.6 Å². The summed E-state index contributed by atoms with van der Waals surface area (Å²) < 4.78 is 49.4. The molecule has 2 saturated heterocycles. The first kappa shape index (κ1) is 33.7. The summed E-state index contributed by atoms with van der Waals surface area (Å²) in [7, 11) is -10.7. The number of rotatable bonds is 12. The Morgan fingerprint density at radius 2 is 1.40 bits per heavy atom. The van der Waals surface area contributed by atoms with Crippen LogP contribution in [0.5, 0.6) is 0 Å². The SMILES string of the molecule is NC(=O)C1=CN([C@H]2O[C@H](COP(=O)(O)OP(=O)(O)OC[C@H]3O[C@H](N4C=C(C(N)=O)CCC4)[C@H](O)[C@@H]3O)[C@@H](O)[C@H]2O)C=CC1. The van der Waals surface area contributed by atoms with Crippen molar-refractivity contribution in [2.75, 3.05) is 19.8 Å². The fourth-order valence-electron chi connectivity index (χ4n) is 4.84. The van der Waals surface area contributed by atoms with Crippen molar-refractivity contribution in [2.24, 2.45) is 11.5 Å². The van der Waals surface area contributed by atoms with E-state index in [1.807, 2.05) is 0 Å². The first-order valence-corrected chi connectivity index (χ1v) is 16.0. The molecular weight excluding hydrogens is 622 g/mol. The minimum absolute atomic E-state index is 0.195. The average Bonchev–Trinajstić information content (AvgIpc) is 3.40. The van der Waals surface area contributed by atoms with Crippen molar-refractivity contribution in [1.29, 1.82) is 0 Å². The number of carbonyl (C=O) groups excluding carboxylic acids is 2. The lowest BCUT2D eigenvalue weighted by molar-refractivity contribution is -0.116. The maximum absolute atomic E-state index is 12.4. The molecule has 0 aromatic carbocycles. The van der Waals surface area contributed by atoms with Crippen LogP contribution in [0.15, 0.2) is 35.8 Å². The molecule has 0 aromatic heterocycles. The molecule has 2 amide bonds. The predicted octanol–water partition coefficient (Wildman–Crippen LogP) is -2.82. The topological polar surface area (TPSA) is 294 Å². The Morgan fingerprint density at radius 1 is 0.860 bits per heavy atom. The highest BCUT2D eigenvalue weighted by Gasteiger charge is 2.48. The van der Waals surface area contributed by atoms with E-state index in [0.717, 1.165) is 0 Å². The van der Waals surface area contributed by atoms with Gasteiger partial charge in [0.25, 0.3) is 0 Å². The molecule has 10 atom stereocenters. The lowest BCUT2D eigenvalue weighted by Gasteiger charge is -2.32. The van der Waals surface area contributed by atoms with Crippen molar-refractivity contribution >= 4 is 27.5 Å². The second-order valence-corrected chi connectivity index (χ2v) is 13.2. The zero-order valence-corrected chi connectivity index (χ0v) is 24.3. The van der Waals surface area contributed by atoms with E-state index in [-0.39, 0.29) is 17.6 Å². The van der Waals surface area contributed by atoms with Crippen molar-refractivity contribution < 1.29 is 71.8 Å². The van der Waals surface area contributed by atoms with E-state index in [9.17, 15) is 48.9 Å². The van der Waals surface area contributed by atoms with Gasteiger partial charge in [0.2, 0.25) is 11.8 Å². The molecule has 0 spiro atoms. The first-order chi connectivity index (χ1) is 20.1. The van der Waals surface area contributed by atoms with Crippen LogP contribution in [0, 0.1) is 0 Å². The van der Waals surface area contributed by atoms with Gasteiger partial charge in [-0.15, -0.1) is 0 Å². The molecule has 21 heteroatoms. The average molecular weight is 656 g/mol. The number of carbonyl (C=O) groups is 2. The van der Waals surface area contributed by atoms with Gasteiger partial charge < -0.3 is 61.0 Å². The van der Waals surface area contributed by atoms with Gasteiger partial charge >= 0.3 is 15.6 Å². The number of aliphatic hydroxyl groups is 4. The summed E-state index contributed by atoms with van der Waals surface area (Å²) in [6.07, 6.45) is -4.65. The Kier molecular flexibility index (Phi) is 10.5. The summed E-state index contributed by atoms with van der Waals surface area (Å²) in [5.74, 6) is -1.37. The molecule has 43 heavy (non-hydrogen) atoms. The van der Waals surface area contributed by atoms with Crippen molar-refractivity contribution in [3.8, 4) is 0 Å². The van der Waals surface area contributed by atoms with Crippen molar-refractivity contribution in [1.82, 2.24) is 9.80 Å². The smallest absolute Gasteiger partial charge is 0.387 e. The van der Waals surface area contributed by atoms with Gasteiger partial charge in [0.05, 0.1) is 13.2 Å². The normalized spacial score (nSPS) is 35.7. The second-order valence-electron chi connectivity index (χ2n) is 10.1. The Morgan fingerprint density at radius 3 is 1.95 bits per heavy atom. The number of amides is 2. The number of hydrogen-bond acceptors (Lipinski definition) is 15. The fraction of sp³-hybridized carbons (Fsp3) is 0.636. The van der Waals surface area contributed by atoms with Crippen molar-refractivity contribution in [2.45, 2.75) is 68.3 Å². The van der Waals surface area contributed by atoms with Crippen LogP contribution in [-0.2, 0) is 41.6 Å². The highest BCUT2D eigenvalue weighted by Crippen LogP contribution is 2.60. The van der Waals surface area contributed by atoms with Gasteiger partial charge in [0, 0.05) is 36.3 Å². The van der Waals surface area contributed by atoms with Gasteiger partial charge in [0.15, 0.2) is 12.5 Å². The van der Waals surface area contributed by atoms with Crippen molar-refractivity contribution in [3.63, 3.8) is 0 Å². The molecular formula is C22H34N4O15P2. The van der Waals surface area contributed by atoms with Crippen LogP contribution in [0.25, 0.3) is 0 Å². The highest BCUT2D eigenvalue weighted by atomic mass is 31.3. The third-order valence-electron chi connectivity index (χ3n) is 7.04. The molecule has 4 aliphatic heterocycles. The molecule has 4 rings (SSSR count). The number of nitrogens with two attached hydrogens (primary N) is 2. The molecule has 0 aromatic rings. The molecule has 4 heterocycles. The summed E-state index contributed by atoms with van der Waals surface area (Å²) >= 11 is 0. The second kappa shape index (κ2) is 13.4. The van der Waals surface area contributed by atoms with Crippen LogP contribution in [0.3, 0.4) is 0 Å². The third kappa shape index (κ3) is 8.09. The Balaban J connectivity index is 1.29. The molecule has 0 saturated carbocycles. The summed E-state index contributed by atoms with van der Waals surface area (Å²) in [6, 6.07) is 0. The summed E-state index contributed by atoms with van der Waals surface area (Å²) in [4.78, 5) is 45.6. The predicted molar refractivity (Wildman–Crippen MR) is 140 cm³/mol. The quantitative estimate of drug-likeness (QED) is 0.0983. The van der Waals surface area contributed by atoms with E-state index >= 15 is 0 Å². The van der Waals surface area contributed by atoms with Gasteiger partial charge in [-0.1, -0.05) is 6.08 Å². The Hall–Kier alpha value is -2.22. The van der Waals surface area contributed by atoms with Crippen LogP contribution in [0.1, 0.15) is 19.3 Å². The van der Waals surface area contributed by atoms with Crippen LogP contribution in [0.4, 0.5) is 0 Å². The number of phosphoric acid groups is 2. The van der Waals surface area contributed by atoms with Crippen LogP contribution in [0.2, 0.25) is 0 Å². The summed E-state index contributed by atoms with van der Waals surface area (Å²) in [5, 5.41) is 41.5.